The average molecular weight is 447 g/mol. The van der Waals surface area contributed by atoms with Crippen molar-refractivity contribution in [1.29, 1.82) is 0 Å². The zero-order valence-corrected chi connectivity index (χ0v) is 17.1. The number of aliphatic imine (C=N–C) groups is 1. The quantitative estimate of drug-likeness (QED) is 0.260. The van der Waals surface area contributed by atoms with Crippen LogP contribution in [-0.2, 0) is 24.1 Å². The summed E-state index contributed by atoms with van der Waals surface area (Å²) in [7, 11) is 0. The van der Waals surface area contributed by atoms with Crippen molar-refractivity contribution in [3.8, 4) is 5.75 Å². The molecule has 0 saturated heterocycles. The monoisotopic (exact) mass is 447 g/mol. The molecule has 1 aromatic rings. The van der Waals surface area contributed by atoms with E-state index in [1.165, 1.54) is 24.0 Å². The fourth-order valence-corrected chi connectivity index (χ4v) is 2.95. The molecule has 6 heteroatoms. The standard InChI is InChI=1S/C18H29N3O2.HI/c1-3-19-18(20-11-12-23-4-2)21-13-16-15-8-6-5-7-14(15)9-10-17(16)22;/h9-10,22H,3-8,11-13H2,1-2H3,(H2,19,20,21);1H. The summed E-state index contributed by atoms with van der Waals surface area (Å²) < 4.78 is 5.33. The largest absolute Gasteiger partial charge is 0.508 e. The van der Waals surface area contributed by atoms with Gasteiger partial charge in [-0.15, -0.1) is 24.0 Å². The van der Waals surface area contributed by atoms with E-state index >= 15 is 0 Å². The van der Waals surface area contributed by atoms with Crippen LogP contribution in [0.4, 0.5) is 0 Å². The number of nitrogens with one attached hydrogen (secondary N) is 2. The molecule has 0 amide bonds. The number of fused-ring (bicyclic) bond motifs is 1. The molecule has 5 nitrogen and oxygen atoms in total. The number of ether oxygens (including phenoxy) is 1. The summed E-state index contributed by atoms with van der Waals surface area (Å²) in [6.07, 6.45) is 4.59. The molecule has 0 heterocycles. The number of halogens is 1. The highest BCUT2D eigenvalue weighted by Crippen LogP contribution is 2.30. The Bertz CT molecular complexity index is 535. The first-order valence-electron chi connectivity index (χ1n) is 8.68. The molecule has 0 aliphatic heterocycles. The molecule has 1 aliphatic carbocycles. The van der Waals surface area contributed by atoms with E-state index in [1.54, 1.807) is 0 Å². The van der Waals surface area contributed by atoms with Crippen molar-refractivity contribution in [2.45, 2.75) is 46.1 Å². The zero-order valence-electron chi connectivity index (χ0n) is 14.7. The van der Waals surface area contributed by atoms with Crippen molar-refractivity contribution in [1.82, 2.24) is 10.6 Å². The molecule has 24 heavy (non-hydrogen) atoms. The van der Waals surface area contributed by atoms with Gasteiger partial charge < -0.3 is 20.5 Å². The Morgan fingerprint density at radius 2 is 2.00 bits per heavy atom. The van der Waals surface area contributed by atoms with E-state index in [0.717, 1.165) is 44.1 Å². The van der Waals surface area contributed by atoms with E-state index in [-0.39, 0.29) is 24.0 Å². The van der Waals surface area contributed by atoms with E-state index in [2.05, 4.69) is 21.7 Å². The molecule has 0 spiro atoms. The van der Waals surface area contributed by atoms with E-state index < -0.39 is 0 Å². The van der Waals surface area contributed by atoms with Crippen LogP contribution < -0.4 is 10.6 Å². The molecular formula is C18H30IN3O2. The van der Waals surface area contributed by atoms with Crippen molar-refractivity contribution >= 4 is 29.9 Å². The van der Waals surface area contributed by atoms with Gasteiger partial charge in [-0.1, -0.05) is 6.07 Å². The summed E-state index contributed by atoms with van der Waals surface area (Å²) in [4.78, 5) is 4.63. The second-order valence-electron chi connectivity index (χ2n) is 5.73. The van der Waals surface area contributed by atoms with Gasteiger partial charge in [0.2, 0.25) is 0 Å². The van der Waals surface area contributed by atoms with Gasteiger partial charge in [-0.3, -0.25) is 0 Å². The number of aryl methyl sites for hydroxylation is 1. The molecule has 3 N–H and O–H groups in total. The molecule has 0 fully saturated rings. The van der Waals surface area contributed by atoms with E-state index in [4.69, 9.17) is 4.74 Å². The van der Waals surface area contributed by atoms with Gasteiger partial charge in [0, 0.05) is 25.3 Å². The summed E-state index contributed by atoms with van der Waals surface area (Å²) >= 11 is 0. The van der Waals surface area contributed by atoms with E-state index in [9.17, 15) is 5.11 Å². The van der Waals surface area contributed by atoms with Gasteiger partial charge in [0.15, 0.2) is 5.96 Å². The fourth-order valence-electron chi connectivity index (χ4n) is 2.95. The average Bonchev–Trinajstić information content (AvgIpc) is 2.57. The highest BCUT2D eigenvalue weighted by molar-refractivity contribution is 14.0. The van der Waals surface area contributed by atoms with Crippen LogP contribution in [0.3, 0.4) is 0 Å². The van der Waals surface area contributed by atoms with Crippen LogP contribution in [0.2, 0.25) is 0 Å². The Balaban J connectivity index is 0.00000288. The number of nitrogens with zero attached hydrogens (tertiary/aromatic N) is 1. The molecule has 2 rings (SSSR count). The van der Waals surface area contributed by atoms with Gasteiger partial charge in [-0.25, -0.2) is 4.99 Å². The third kappa shape index (κ3) is 6.12. The summed E-state index contributed by atoms with van der Waals surface area (Å²) in [6.45, 7) is 7.44. The maximum Gasteiger partial charge on any atom is 0.191 e. The number of hydrogen-bond donors (Lipinski definition) is 3. The van der Waals surface area contributed by atoms with Crippen LogP contribution in [-0.4, -0.2) is 37.4 Å². The summed E-state index contributed by atoms with van der Waals surface area (Å²) in [6, 6.07) is 3.87. The highest BCUT2D eigenvalue weighted by atomic mass is 127. The summed E-state index contributed by atoms with van der Waals surface area (Å²) in [5, 5.41) is 16.7. The van der Waals surface area contributed by atoms with Crippen molar-refractivity contribution < 1.29 is 9.84 Å². The van der Waals surface area contributed by atoms with Crippen LogP contribution in [0.25, 0.3) is 0 Å². The fraction of sp³-hybridized carbons (Fsp3) is 0.611. The molecule has 0 bridgehead atoms. The van der Waals surface area contributed by atoms with Gasteiger partial charge in [-0.2, -0.15) is 0 Å². The highest BCUT2D eigenvalue weighted by Gasteiger charge is 2.16. The minimum absolute atomic E-state index is 0. The SMILES string of the molecule is CCNC(=NCc1c(O)ccc2c1CCCC2)NCCOCC.I. The van der Waals surface area contributed by atoms with Crippen LogP contribution >= 0.6 is 24.0 Å². The van der Waals surface area contributed by atoms with Crippen LogP contribution in [0.15, 0.2) is 17.1 Å². The lowest BCUT2D eigenvalue weighted by Gasteiger charge is -2.20. The van der Waals surface area contributed by atoms with Gasteiger partial charge >= 0.3 is 0 Å². The topological polar surface area (TPSA) is 65.9 Å². The number of phenolic OH excluding ortho intramolecular Hbond substituents is 1. The predicted molar refractivity (Wildman–Crippen MR) is 109 cm³/mol. The van der Waals surface area contributed by atoms with Crippen molar-refractivity contribution in [3.63, 3.8) is 0 Å². The molecule has 0 atom stereocenters. The first kappa shape index (κ1) is 21.0. The second kappa shape index (κ2) is 11.5. The maximum atomic E-state index is 10.2. The number of aromatic hydroxyl groups is 1. The molecular weight excluding hydrogens is 417 g/mol. The Morgan fingerprint density at radius 3 is 2.75 bits per heavy atom. The number of hydrogen-bond acceptors (Lipinski definition) is 3. The van der Waals surface area contributed by atoms with Crippen molar-refractivity contribution in [3.05, 3.63) is 28.8 Å². The van der Waals surface area contributed by atoms with Gasteiger partial charge in [0.25, 0.3) is 0 Å². The number of benzene rings is 1. The molecule has 0 aromatic heterocycles. The normalized spacial score (nSPS) is 13.8. The Labute approximate surface area is 162 Å². The molecule has 1 aromatic carbocycles. The Kier molecular flexibility index (Phi) is 10.1. The smallest absolute Gasteiger partial charge is 0.191 e. The zero-order chi connectivity index (χ0) is 16.5. The van der Waals surface area contributed by atoms with Crippen molar-refractivity contribution in [2.24, 2.45) is 4.99 Å². The number of guanidine groups is 1. The maximum absolute atomic E-state index is 10.2. The lowest BCUT2D eigenvalue weighted by molar-refractivity contribution is 0.152. The molecule has 0 radical (unpaired) electrons. The van der Waals surface area contributed by atoms with Gasteiger partial charge in [-0.05, 0) is 56.7 Å². The molecule has 0 unspecified atom stereocenters. The lowest BCUT2D eigenvalue weighted by atomic mass is 9.88. The Morgan fingerprint density at radius 1 is 1.21 bits per heavy atom. The first-order chi connectivity index (χ1) is 11.3. The van der Waals surface area contributed by atoms with E-state index in [0.29, 0.717) is 18.9 Å². The van der Waals surface area contributed by atoms with E-state index in [1.807, 2.05) is 19.9 Å². The number of phenols is 1. The van der Waals surface area contributed by atoms with Crippen LogP contribution in [0.1, 0.15) is 43.4 Å². The molecule has 0 saturated carbocycles. The molecule has 136 valence electrons. The predicted octanol–water partition coefficient (Wildman–Crippen LogP) is 2.98. The minimum Gasteiger partial charge on any atom is -0.508 e. The third-order valence-electron chi connectivity index (χ3n) is 4.11. The number of rotatable bonds is 7. The summed E-state index contributed by atoms with van der Waals surface area (Å²) in [5.74, 6) is 1.12. The third-order valence-corrected chi connectivity index (χ3v) is 4.11. The molecule has 1 aliphatic rings. The van der Waals surface area contributed by atoms with Crippen LogP contribution in [0, 0.1) is 0 Å². The lowest BCUT2D eigenvalue weighted by Crippen LogP contribution is -2.39. The van der Waals surface area contributed by atoms with Gasteiger partial charge in [0.1, 0.15) is 5.75 Å². The van der Waals surface area contributed by atoms with Crippen molar-refractivity contribution in [2.75, 3.05) is 26.3 Å². The Hall–Kier alpha value is -1.02. The first-order valence-corrected chi connectivity index (χ1v) is 8.68. The summed E-state index contributed by atoms with van der Waals surface area (Å²) in [5.41, 5.74) is 3.64. The van der Waals surface area contributed by atoms with Gasteiger partial charge in [0.05, 0.1) is 13.2 Å². The van der Waals surface area contributed by atoms with Crippen LogP contribution in [0.5, 0.6) is 5.75 Å². The second-order valence-corrected chi connectivity index (χ2v) is 5.73. The minimum atomic E-state index is 0.